The number of halogens is 2. The van der Waals surface area contributed by atoms with Crippen LogP contribution in [0.15, 0.2) is 59.5 Å². The second-order valence-electron chi connectivity index (χ2n) is 6.07. The third-order valence-corrected chi connectivity index (χ3v) is 4.57. The second-order valence-corrected chi connectivity index (χ2v) is 6.07. The minimum absolute atomic E-state index is 0.324. The van der Waals surface area contributed by atoms with Crippen molar-refractivity contribution >= 4 is 32.6 Å². The Balaban J connectivity index is 0.000000932. The molecule has 0 aliphatic rings. The molecule has 0 saturated carbocycles. The van der Waals surface area contributed by atoms with Crippen molar-refractivity contribution in [2.24, 2.45) is 0 Å². The molecule has 0 aliphatic carbocycles. The van der Waals surface area contributed by atoms with Crippen LogP contribution in [-0.4, -0.2) is 15.0 Å². The van der Waals surface area contributed by atoms with Crippen molar-refractivity contribution in [1.29, 1.82) is 0 Å². The lowest BCUT2D eigenvalue weighted by Gasteiger charge is -2.05. The number of imidazole rings is 1. The molecule has 0 saturated heterocycles. The van der Waals surface area contributed by atoms with Crippen LogP contribution in [0.2, 0.25) is 0 Å². The Hall–Kier alpha value is -3.54. The summed E-state index contributed by atoms with van der Waals surface area (Å²) in [6.45, 7) is 4.00. The van der Waals surface area contributed by atoms with Gasteiger partial charge in [0.15, 0.2) is 0 Å². The van der Waals surface area contributed by atoms with Crippen molar-refractivity contribution in [3.05, 3.63) is 76.7 Å². The molecule has 6 heteroatoms. The summed E-state index contributed by atoms with van der Waals surface area (Å²) in [5.41, 5.74) is 1.19. The van der Waals surface area contributed by atoms with Gasteiger partial charge in [-0.25, -0.2) is 13.8 Å². The largest absolute Gasteiger partial charge is 0.337 e. The Morgan fingerprint density at radius 1 is 0.929 bits per heavy atom. The molecule has 2 aromatic heterocycles. The monoisotopic (exact) mass is 377 g/mol. The van der Waals surface area contributed by atoms with E-state index in [0.717, 1.165) is 0 Å². The molecule has 4 nitrogen and oxygen atoms in total. The van der Waals surface area contributed by atoms with Crippen LogP contribution < -0.4 is 5.56 Å². The summed E-state index contributed by atoms with van der Waals surface area (Å²) in [5.74, 6) is -0.476. The van der Waals surface area contributed by atoms with Gasteiger partial charge < -0.3 is 9.97 Å². The predicted octanol–water partition coefficient (Wildman–Crippen LogP) is 5.53. The van der Waals surface area contributed by atoms with Crippen molar-refractivity contribution in [2.75, 3.05) is 0 Å². The molecule has 0 amide bonds. The fourth-order valence-corrected chi connectivity index (χ4v) is 3.43. The normalized spacial score (nSPS) is 11.0. The first-order chi connectivity index (χ1) is 13.6. The quantitative estimate of drug-likeness (QED) is 0.377. The number of rotatable bonds is 1. The molecule has 28 heavy (non-hydrogen) atoms. The molecule has 0 bridgehead atoms. The maximum atomic E-state index is 14.2. The first kappa shape index (κ1) is 17.9. The van der Waals surface area contributed by atoms with Gasteiger partial charge in [0.2, 0.25) is 0 Å². The number of nitrogens with zero attached hydrogens (tertiary/aromatic N) is 1. The zero-order chi connectivity index (χ0) is 19.8. The second kappa shape index (κ2) is 6.88. The number of hydrogen-bond acceptors (Lipinski definition) is 2. The molecule has 5 aromatic rings. The molecule has 0 radical (unpaired) electrons. The van der Waals surface area contributed by atoms with Crippen LogP contribution in [0.5, 0.6) is 0 Å². The van der Waals surface area contributed by atoms with Gasteiger partial charge in [0.25, 0.3) is 5.56 Å². The van der Waals surface area contributed by atoms with Crippen LogP contribution >= 0.6 is 0 Å². The van der Waals surface area contributed by atoms with E-state index in [1.165, 1.54) is 24.4 Å². The molecule has 0 unspecified atom stereocenters. The van der Waals surface area contributed by atoms with E-state index in [1.807, 2.05) is 13.8 Å². The smallest absolute Gasteiger partial charge is 0.256 e. The van der Waals surface area contributed by atoms with Gasteiger partial charge in [-0.3, -0.25) is 4.79 Å². The lowest BCUT2D eigenvalue weighted by atomic mass is 10.0. The average Bonchev–Trinajstić information content (AvgIpc) is 3.15. The van der Waals surface area contributed by atoms with Crippen LogP contribution in [0, 0.1) is 11.6 Å². The molecule has 140 valence electrons. The van der Waals surface area contributed by atoms with Gasteiger partial charge in [0.1, 0.15) is 17.5 Å². The van der Waals surface area contributed by atoms with Crippen molar-refractivity contribution < 1.29 is 8.78 Å². The topological polar surface area (TPSA) is 61.5 Å². The summed E-state index contributed by atoms with van der Waals surface area (Å²) in [6, 6.07) is 12.3. The number of nitrogens with one attached hydrogen (secondary N) is 2. The molecular formula is C22H17F2N3O. The van der Waals surface area contributed by atoms with E-state index in [9.17, 15) is 13.6 Å². The number of benzene rings is 3. The molecule has 0 aliphatic heterocycles. The van der Waals surface area contributed by atoms with Crippen LogP contribution in [-0.2, 0) is 0 Å². The number of aromatic amines is 2. The summed E-state index contributed by atoms with van der Waals surface area (Å²) in [5, 5.41) is 2.08. The fourth-order valence-electron chi connectivity index (χ4n) is 3.43. The van der Waals surface area contributed by atoms with Crippen LogP contribution in [0.4, 0.5) is 8.78 Å². The lowest BCUT2D eigenvalue weighted by Crippen LogP contribution is -2.05. The standard InChI is InChI=1S/C20H11F2N3O.C2H6/c21-10-5-6-11-14(9-10)16-13(7-8-23-20(16)26)18-17(11)24-19(25-18)12-3-1-2-4-15(12)22;1-2/h1-9H,(H,23,26)(H,24,25);1-2H3. The van der Waals surface area contributed by atoms with Crippen molar-refractivity contribution in [1.82, 2.24) is 15.0 Å². The summed E-state index contributed by atoms with van der Waals surface area (Å²) in [6.07, 6.45) is 1.52. The zero-order valence-electron chi connectivity index (χ0n) is 15.3. The molecule has 5 rings (SSSR count). The fraction of sp³-hybridized carbons (Fsp3) is 0.0909. The lowest BCUT2D eigenvalue weighted by molar-refractivity contribution is 0.629. The number of H-pyrrole nitrogens is 2. The highest BCUT2D eigenvalue weighted by Gasteiger charge is 2.17. The van der Waals surface area contributed by atoms with Crippen LogP contribution in [0.1, 0.15) is 13.8 Å². The average molecular weight is 377 g/mol. The number of aromatic nitrogens is 3. The summed E-state index contributed by atoms with van der Waals surface area (Å²) in [4.78, 5) is 22.7. The van der Waals surface area contributed by atoms with Gasteiger partial charge in [-0.15, -0.1) is 0 Å². The minimum atomic E-state index is -0.435. The van der Waals surface area contributed by atoms with E-state index in [4.69, 9.17) is 0 Å². The van der Waals surface area contributed by atoms with Crippen molar-refractivity contribution in [2.45, 2.75) is 13.8 Å². The molecule has 3 aromatic carbocycles. The predicted molar refractivity (Wildman–Crippen MR) is 108 cm³/mol. The van der Waals surface area contributed by atoms with Crippen LogP contribution in [0.25, 0.3) is 44.0 Å². The Bertz CT molecular complexity index is 1390. The third kappa shape index (κ3) is 2.65. The summed E-state index contributed by atoms with van der Waals surface area (Å²) >= 11 is 0. The molecule has 0 spiro atoms. The molecule has 0 fully saturated rings. The minimum Gasteiger partial charge on any atom is -0.337 e. The first-order valence-corrected chi connectivity index (χ1v) is 9.01. The molecule has 2 N–H and O–H groups in total. The highest BCUT2D eigenvalue weighted by molar-refractivity contribution is 6.23. The van der Waals surface area contributed by atoms with Gasteiger partial charge >= 0.3 is 0 Å². The van der Waals surface area contributed by atoms with E-state index in [-0.39, 0.29) is 5.56 Å². The van der Waals surface area contributed by atoms with Crippen LogP contribution in [0.3, 0.4) is 0 Å². The highest BCUT2D eigenvalue weighted by Crippen LogP contribution is 2.34. The Morgan fingerprint density at radius 3 is 2.50 bits per heavy atom. The summed E-state index contributed by atoms with van der Waals surface area (Å²) < 4.78 is 28.0. The Morgan fingerprint density at radius 2 is 1.71 bits per heavy atom. The third-order valence-electron chi connectivity index (χ3n) is 4.57. The highest BCUT2D eigenvalue weighted by atomic mass is 19.1. The van der Waals surface area contributed by atoms with Crippen molar-refractivity contribution in [3.8, 4) is 11.4 Å². The van der Waals surface area contributed by atoms with E-state index in [1.54, 1.807) is 30.3 Å². The maximum Gasteiger partial charge on any atom is 0.256 e. The number of hydrogen-bond donors (Lipinski definition) is 2. The number of fused-ring (bicyclic) bond motifs is 6. The van der Waals surface area contributed by atoms with E-state index in [0.29, 0.717) is 44.0 Å². The van der Waals surface area contributed by atoms with Gasteiger partial charge in [-0.1, -0.05) is 26.0 Å². The van der Waals surface area contributed by atoms with E-state index >= 15 is 0 Å². The Kier molecular flexibility index (Phi) is 4.39. The SMILES string of the molecule is CC.O=c1[nH]ccc2c3nc(-c4ccccc4F)[nH]c3c3ccc(F)cc3c12. The summed E-state index contributed by atoms with van der Waals surface area (Å²) in [7, 11) is 0. The Labute approximate surface area is 158 Å². The maximum absolute atomic E-state index is 14.2. The van der Waals surface area contributed by atoms with Gasteiger partial charge in [0.05, 0.1) is 22.0 Å². The molecule has 2 heterocycles. The van der Waals surface area contributed by atoms with E-state index in [2.05, 4.69) is 15.0 Å². The van der Waals surface area contributed by atoms with Crippen molar-refractivity contribution in [3.63, 3.8) is 0 Å². The molecule has 0 atom stereocenters. The first-order valence-electron chi connectivity index (χ1n) is 9.01. The zero-order valence-corrected chi connectivity index (χ0v) is 15.3. The molecular weight excluding hydrogens is 360 g/mol. The number of pyridine rings is 1. The van der Waals surface area contributed by atoms with Gasteiger partial charge in [0, 0.05) is 22.4 Å². The van der Waals surface area contributed by atoms with E-state index < -0.39 is 11.6 Å². The van der Waals surface area contributed by atoms with Gasteiger partial charge in [-0.2, -0.15) is 0 Å². The van der Waals surface area contributed by atoms with Gasteiger partial charge in [-0.05, 0) is 36.4 Å².